The van der Waals surface area contributed by atoms with E-state index in [1.165, 1.54) is 24.0 Å². The molecule has 22 heavy (non-hydrogen) atoms. The third kappa shape index (κ3) is 3.57. The molecule has 1 heterocycles. The molecule has 0 spiro atoms. The third-order valence-electron chi connectivity index (χ3n) is 4.50. The van der Waals surface area contributed by atoms with Gasteiger partial charge in [0.15, 0.2) is 0 Å². The van der Waals surface area contributed by atoms with Crippen LogP contribution in [0.15, 0.2) is 24.3 Å². The summed E-state index contributed by atoms with van der Waals surface area (Å²) >= 11 is 0. The second-order valence-electron chi connectivity index (χ2n) is 6.11. The fraction of sp³-hybridized carbons (Fsp3) is 0.500. The molecule has 2 N–H and O–H groups in total. The number of carbonyl (C=O) groups excluding carboxylic acids is 1. The van der Waals surface area contributed by atoms with Gasteiger partial charge in [-0.3, -0.25) is 9.69 Å². The van der Waals surface area contributed by atoms with E-state index in [1.54, 1.807) is 0 Å². The van der Waals surface area contributed by atoms with E-state index in [0.29, 0.717) is 5.56 Å². The molecule has 0 radical (unpaired) electrons. The number of morpholine rings is 1. The summed E-state index contributed by atoms with van der Waals surface area (Å²) in [6.45, 7) is 4.45. The lowest BCUT2D eigenvalue weighted by atomic mass is 9.89. The number of nitrogens with two attached hydrogens (primary N) is 1. The monoisotopic (exact) mass is 300 g/mol. The summed E-state index contributed by atoms with van der Waals surface area (Å²) in [7, 11) is 0. The Bertz CT molecular complexity index is 574. The number of nitrogens with zero attached hydrogens (tertiary/aromatic N) is 1. The number of amides is 1. The van der Waals surface area contributed by atoms with Gasteiger partial charge in [0.1, 0.15) is 0 Å². The van der Waals surface area contributed by atoms with Crippen molar-refractivity contribution < 1.29 is 9.53 Å². The Morgan fingerprint density at radius 2 is 2.05 bits per heavy atom. The summed E-state index contributed by atoms with van der Waals surface area (Å²) in [5.74, 6) is -0.334. The fourth-order valence-electron chi connectivity index (χ4n) is 3.27. The summed E-state index contributed by atoms with van der Waals surface area (Å²) in [5, 5.41) is 0. The average Bonchev–Trinajstić information content (AvgIpc) is 2.56. The van der Waals surface area contributed by atoms with Crippen LogP contribution in [0.25, 0.3) is 5.57 Å². The summed E-state index contributed by atoms with van der Waals surface area (Å²) in [6, 6.07) is 6.08. The quantitative estimate of drug-likeness (QED) is 0.930. The van der Waals surface area contributed by atoms with Gasteiger partial charge in [0, 0.05) is 25.2 Å². The Kier molecular flexibility index (Phi) is 4.90. The topological polar surface area (TPSA) is 55.6 Å². The van der Waals surface area contributed by atoms with E-state index in [2.05, 4.69) is 17.0 Å². The van der Waals surface area contributed by atoms with Crippen molar-refractivity contribution in [1.82, 2.24) is 4.90 Å². The van der Waals surface area contributed by atoms with Crippen LogP contribution in [0, 0.1) is 0 Å². The minimum atomic E-state index is -0.334. The van der Waals surface area contributed by atoms with Gasteiger partial charge in [0.2, 0.25) is 5.91 Å². The van der Waals surface area contributed by atoms with Crippen molar-refractivity contribution in [2.45, 2.75) is 32.2 Å². The maximum Gasteiger partial charge on any atom is 0.249 e. The first-order valence-electron chi connectivity index (χ1n) is 8.16. The van der Waals surface area contributed by atoms with E-state index in [9.17, 15) is 4.79 Å². The minimum absolute atomic E-state index is 0.334. The Labute approximate surface area is 131 Å². The zero-order valence-electron chi connectivity index (χ0n) is 13.0. The molecule has 0 unspecified atom stereocenters. The SMILES string of the molecule is NC(=O)c1ccc(CN2CCOCC2)cc1C1=CCCCC1. The molecule has 1 aromatic carbocycles. The molecule has 1 fully saturated rings. The van der Waals surface area contributed by atoms with Gasteiger partial charge in [-0.15, -0.1) is 0 Å². The van der Waals surface area contributed by atoms with Crippen LogP contribution in [-0.2, 0) is 11.3 Å². The van der Waals surface area contributed by atoms with Crippen molar-refractivity contribution in [3.05, 3.63) is 41.0 Å². The van der Waals surface area contributed by atoms with Crippen molar-refractivity contribution in [3.63, 3.8) is 0 Å². The first-order valence-corrected chi connectivity index (χ1v) is 8.16. The van der Waals surface area contributed by atoms with Gasteiger partial charge in [-0.05, 0) is 54.5 Å². The highest BCUT2D eigenvalue weighted by Gasteiger charge is 2.16. The van der Waals surface area contributed by atoms with Crippen molar-refractivity contribution in [2.24, 2.45) is 5.73 Å². The van der Waals surface area contributed by atoms with Crippen LogP contribution in [0.4, 0.5) is 0 Å². The minimum Gasteiger partial charge on any atom is -0.379 e. The standard InChI is InChI=1S/C18H24N2O2/c19-18(21)16-7-6-14(13-20-8-10-22-11-9-20)12-17(16)15-4-2-1-3-5-15/h4,6-7,12H,1-3,5,8-11,13H2,(H2,19,21). The lowest BCUT2D eigenvalue weighted by molar-refractivity contribution is 0.0342. The number of rotatable bonds is 4. The highest BCUT2D eigenvalue weighted by Crippen LogP contribution is 2.30. The molecule has 0 aromatic heterocycles. The molecule has 1 amide bonds. The van der Waals surface area contributed by atoms with Gasteiger partial charge in [0.25, 0.3) is 0 Å². The normalized spacial score (nSPS) is 19.7. The number of allylic oxidation sites excluding steroid dienone is 2. The van der Waals surface area contributed by atoms with Crippen LogP contribution in [0.2, 0.25) is 0 Å². The predicted octanol–water partition coefficient (Wildman–Crippen LogP) is 2.58. The fourth-order valence-corrected chi connectivity index (χ4v) is 3.27. The average molecular weight is 300 g/mol. The van der Waals surface area contributed by atoms with E-state index in [4.69, 9.17) is 10.5 Å². The van der Waals surface area contributed by atoms with E-state index in [0.717, 1.165) is 51.3 Å². The molecule has 0 saturated carbocycles. The summed E-state index contributed by atoms with van der Waals surface area (Å²) in [4.78, 5) is 14.1. The molecule has 1 aliphatic carbocycles. The highest BCUT2D eigenvalue weighted by molar-refractivity contribution is 5.98. The third-order valence-corrected chi connectivity index (χ3v) is 4.50. The zero-order valence-corrected chi connectivity index (χ0v) is 13.0. The zero-order chi connectivity index (χ0) is 15.4. The van der Waals surface area contributed by atoms with Gasteiger partial charge in [-0.2, -0.15) is 0 Å². The number of carbonyl (C=O) groups is 1. The maximum atomic E-state index is 11.7. The number of ether oxygens (including phenoxy) is 1. The first-order chi connectivity index (χ1) is 10.7. The van der Waals surface area contributed by atoms with E-state index in [-0.39, 0.29) is 5.91 Å². The number of hydrogen-bond acceptors (Lipinski definition) is 3. The van der Waals surface area contributed by atoms with Crippen LogP contribution >= 0.6 is 0 Å². The smallest absolute Gasteiger partial charge is 0.249 e. The molecule has 1 aliphatic heterocycles. The van der Waals surface area contributed by atoms with Gasteiger partial charge in [-0.1, -0.05) is 12.1 Å². The highest BCUT2D eigenvalue weighted by atomic mass is 16.5. The van der Waals surface area contributed by atoms with Gasteiger partial charge >= 0.3 is 0 Å². The van der Waals surface area contributed by atoms with Crippen molar-refractivity contribution >= 4 is 11.5 Å². The van der Waals surface area contributed by atoms with Crippen LogP contribution in [0.5, 0.6) is 0 Å². The lowest BCUT2D eigenvalue weighted by Gasteiger charge is -2.27. The van der Waals surface area contributed by atoms with Crippen molar-refractivity contribution in [3.8, 4) is 0 Å². The maximum absolute atomic E-state index is 11.7. The summed E-state index contributed by atoms with van der Waals surface area (Å²) in [5.41, 5.74) is 9.78. The molecule has 0 atom stereocenters. The molecule has 2 aliphatic rings. The summed E-state index contributed by atoms with van der Waals surface area (Å²) in [6.07, 6.45) is 6.84. The van der Waals surface area contributed by atoms with Gasteiger partial charge < -0.3 is 10.5 Å². The Morgan fingerprint density at radius 3 is 2.73 bits per heavy atom. The number of primary amides is 1. The summed E-state index contributed by atoms with van der Waals surface area (Å²) < 4.78 is 5.39. The molecule has 1 saturated heterocycles. The second kappa shape index (κ2) is 7.07. The van der Waals surface area contributed by atoms with E-state index >= 15 is 0 Å². The molecule has 1 aromatic rings. The lowest BCUT2D eigenvalue weighted by Crippen LogP contribution is -2.35. The molecule has 0 bridgehead atoms. The molecular weight excluding hydrogens is 276 g/mol. The van der Waals surface area contributed by atoms with Gasteiger partial charge in [-0.25, -0.2) is 0 Å². The van der Waals surface area contributed by atoms with Crippen LogP contribution in [-0.4, -0.2) is 37.1 Å². The second-order valence-corrected chi connectivity index (χ2v) is 6.11. The molecule has 3 rings (SSSR count). The van der Waals surface area contributed by atoms with Crippen molar-refractivity contribution in [2.75, 3.05) is 26.3 Å². The van der Waals surface area contributed by atoms with Gasteiger partial charge in [0.05, 0.1) is 13.2 Å². The predicted molar refractivity (Wildman–Crippen MR) is 87.5 cm³/mol. The molecule has 4 heteroatoms. The first kappa shape index (κ1) is 15.3. The number of hydrogen-bond donors (Lipinski definition) is 1. The molecule has 118 valence electrons. The van der Waals surface area contributed by atoms with Crippen LogP contribution in [0.3, 0.4) is 0 Å². The van der Waals surface area contributed by atoms with Crippen molar-refractivity contribution in [1.29, 1.82) is 0 Å². The molecular formula is C18H24N2O2. The largest absolute Gasteiger partial charge is 0.379 e. The van der Waals surface area contributed by atoms with E-state index < -0.39 is 0 Å². The molecule has 4 nitrogen and oxygen atoms in total. The Morgan fingerprint density at radius 1 is 1.23 bits per heavy atom. The Balaban J connectivity index is 1.86. The number of benzene rings is 1. The van der Waals surface area contributed by atoms with E-state index in [1.807, 2.05) is 12.1 Å². The van der Waals surface area contributed by atoms with Crippen LogP contribution in [0.1, 0.15) is 47.2 Å². The van der Waals surface area contributed by atoms with Crippen LogP contribution < -0.4 is 5.73 Å². The Hall–Kier alpha value is -1.65.